The Bertz CT molecular complexity index is 1190. The van der Waals surface area contributed by atoms with Gasteiger partial charge in [0.1, 0.15) is 12.4 Å². The molecule has 182 valence electrons. The van der Waals surface area contributed by atoms with Gasteiger partial charge in [-0.1, -0.05) is 61.2 Å². The fourth-order valence-electron chi connectivity index (χ4n) is 4.17. The second kappa shape index (κ2) is 11.3. The van der Waals surface area contributed by atoms with Crippen molar-refractivity contribution in [2.24, 2.45) is 4.99 Å². The molecule has 2 heterocycles. The molecule has 2 aromatic rings. The Kier molecular flexibility index (Phi) is 7.92. The van der Waals surface area contributed by atoms with Gasteiger partial charge < -0.3 is 19.7 Å². The van der Waals surface area contributed by atoms with Gasteiger partial charge in [0.05, 0.1) is 30.8 Å². The quantitative estimate of drug-likeness (QED) is 0.501. The number of thioether (sulfide) groups is 1. The van der Waals surface area contributed by atoms with Crippen molar-refractivity contribution in [3.63, 3.8) is 0 Å². The first kappa shape index (κ1) is 24.6. The average Bonchev–Trinajstić information content (AvgIpc) is 3.28. The summed E-state index contributed by atoms with van der Waals surface area (Å²) in [5, 5.41) is 5.53. The lowest BCUT2D eigenvalue weighted by molar-refractivity contribution is -0.136. The minimum Gasteiger partial charge on any atom is -0.489 e. The normalized spacial score (nSPS) is 16.9. The number of amidine groups is 1. The van der Waals surface area contributed by atoms with Gasteiger partial charge in [0.2, 0.25) is 5.91 Å². The number of allylic oxidation sites excluding steroid dienone is 1. The summed E-state index contributed by atoms with van der Waals surface area (Å²) < 4.78 is 11.3. The van der Waals surface area contributed by atoms with Crippen LogP contribution in [0.25, 0.3) is 0 Å². The number of ether oxygens (including phenoxy) is 2. The maximum absolute atomic E-state index is 13.0. The van der Waals surface area contributed by atoms with Crippen molar-refractivity contribution in [3.8, 4) is 5.75 Å². The second-order valence-corrected chi connectivity index (χ2v) is 8.91. The van der Waals surface area contributed by atoms with Crippen LogP contribution in [0.1, 0.15) is 43.9 Å². The Hall–Kier alpha value is -3.52. The lowest BCUT2D eigenvalue weighted by Crippen LogP contribution is -2.38. The highest BCUT2D eigenvalue weighted by Gasteiger charge is 2.41. The summed E-state index contributed by atoms with van der Waals surface area (Å²) >= 11 is 1.46. The molecule has 2 aliphatic heterocycles. The standard InChI is InChI=1S/C27H29N3O4S/c1-4-22-24(26(32)33-3)25(30-20(15-23(31)28-5-2)17-35-27(30)29-22)19-12-9-13-21(14-19)34-16-18-10-7-6-8-11-18/h6-14,17,25H,4-5,15-16H2,1-3H3,(H,28,31). The van der Waals surface area contributed by atoms with Crippen LogP contribution in [-0.2, 0) is 20.9 Å². The predicted octanol–water partition coefficient (Wildman–Crippen LogP) is 4.93. The average molecular weight is 492 g/mol. The van der Waals surface area contributed by atoms with Crippen LogP contribution < -0.4 is 10.1 Å². The van der Waals surface area contributed by atoms with Gasteiger partial charge in [-0.15, -0.1) is 0 Å². The van der Waals surface area contributed by atoms with Gasteiger partial charge in [0.15, 0.2) is 5.17 Å². The summed E-state index contributed by atoms with van der Waals surface area (Å²) in [4.78, 5) is 32.2. The zero-order valence-electron chi connectivity index (χ0n) is 20.1. The molecule has 8 heteroatoms. The van der Waals surface area contributed by atoms with E-state index in [-0.39, 0.29) is 12.3 Å². The van der Waals surface area contributed by atoms with E-state index in [1.807, 2.05) is 78.8 Å². The number of hydrogen-bond acceptors (Lipinski definition) is 7. The van der Waals surface area contributed by atoms with Crippen LogP contribution >= 0.6 is 11.8 Å². The van der Waals surface area contributed by atoms with Crippen molar-refractivity contribution in [3.05, 3.63) is 88.1 Å². The molecule has 35 heavy (non-hydrogen) atoms. The van der Waals surface area contributed by atoms with Gasteiger partial charge in [-0.25, -0.2) is 9.79 Å². The number of amides is 1. The molecule has 0 radical (unpaired) electrons. The van der Waals surface area contributed by atoms with Crippen molar-refractivity contribution in [1.29, 1.82) is 0 Å². The molecule has 0 saturated carbocycles. The molecule has 4 rings (SSSR count). The summed E-state index contributed by atoms with van der Waals surface area (Å²) in [5.74, 6) is 0.183. The van der Waals surface area contributed by atoms with E-state index in [2.05, 4.69) is 5.32 Å². The smallest absolute Gasteiger partial charge is 0.338 e. The number of nitrogens with zero attached hydrogens (tertiary/aromatic N) is 2. The lowest BCUT2D eigenvalue weighted by atomic mass is 9.92. The zero-order chi connectivity index (χ0) is 24.8. The number of rotatable bonds is 9. The Morgan fingerprint density at radius 2 is 1.91 bits per heavy atom. The molecular formula is C27H29N3O4S. The van der Waals surface area contributed by atoms with Gasteiger partial charge in [-0.2, -0.15) is 0 Å². The molecule has 1 N–H and O–H groups in total. The minimum atomic E-state index is -0.485. The molecule has 2 aliphatic rings. The number of nitrogens with one attached hydrogen (secondary N) is 1. The predicted molar refractivity (Wildman–Crippen MR) is 138 cm³/mol. The summed E-state index contributed by atoms with van der Waals surface area (Å²) in [5.41, 5.74) is 3.87. The maximum atomic E-state index is 13.0. The number of fused-ring (bicyclic) bond motifs is 1. The van der Waals surface area contributed by atoms with E-state index in [9.17, 15) is 9.59 Å². The summed E-state index contributed by atoms with van der Waals surface area (Å²) in [6, 6.07) is 17.2. The fraction of sp³-hybridized carbons (Fsp3) is 0.296. The monoisotopic (exact) mass is 491 g/mol. The van der Waals surface area contributed by atoms with Crippen LogP contribution in [0.4, 0.5) is 0 Å². The van der Waals surface area contributed by atoms with Crippen LogP contribution in [0.15, 0.2) is 82.0 Å². The number of esters is 1. The topological polar surface area (TPSA) is 80.2 Å². The van der Waals surface area contributed by atoms with Crippen molar-refractivity contribution in [1.82, 2.24) is 10.2 Å². The van der Waals surface area contributed by atoms with Crippen molar-refractivity contribution < 1.29 is 19.1 Å². The van der Waals surface area contributed by atoms with Crippen LogP contribution in [0.5, 0.6) is 5.75 Å². The van der Waals surface area contributed by atoms with E-state index in [0.717, 1.165) is 22.0 Å². The van der Waals surface area contributed by atoms with Crippen molar-refractivity contribution in [2.75, 3.05) is 13.7 Å². The molecular weight excluding hydrogens is 462 g/mol. The molecule has 0 saturated heterocycles. The van der Waals surface area contributed by atoms with Gasteiger partial charge in [-0.3, -0.25) is 4.79 Å². The third kappa shape index (κ3) is 5.43. The largest absolute Gasteiger partial charge is 0.489 e. The van der Waals surface area contributed by atoms with E-state index < -0.39 is 12.0 Å². The molecule has 1 atom stereocenters. The van der Waals surface area contributed by atoms with Crippen LogP contribution in [0.3, 0.4) is 0 Å². The Morgan fingerprint density at radius 3 is 2.63 bits per heavy atom. The lowest BCUT2D eigenvalue weighted by Gasteiger charge is -2.36. The van der Waals surface area contributed by atoms with Gasteiger partial charge in [0, 0.05) is 12.2 Å². The number of benzene rings is 2. The number of methoxy groups -OCH3 is 1. The first-order valence-electron chi connectivity index (χ1n) is 11.6. The molecule has 0 aromatic heterocycles. The van der Waals surface area contributed by atoms with E-state index in [4.69, 9.17) is 14.5 Å². The maximum Gasteiger partial charge on any atom is 0.338 e. The number of hydrogen-bond donors (Lipinski definition) is 1. The first-order chi connectivity index (χ1) is 17.0. The highest BCUT2D eigenvalue weighted by atomic mass is 32.2. The SMILES string of the molecule is CCNC(=O)CC1=CSC2=NC(CC)=C(C(=O)OC)C(c3cccc(OCc4ccccc4)c3)N12. The highest BCUT2D eigenvalue weighted by Crippen LogP contribution is 2.45. The van der Waals surface area contributed by atoms with Crippen LogP contribution in [0, 0.1) is 0 Å². The van der Waals surface area contributed by atoms with Gasteiger partial charge in [-0.05, 0) is 42.0 Å². The zero-order valence-corrected chi connectivity index (χ0v) is 20.9. The highest BCUT2D eigenvalue weighted by molar-refractivity contribution is 8.16. The third-order valence-corrected chi connectivity index (χ3v) is 6.66. The molecule has 7 nitrogen and oxygen atoms in total. The van der Waals surface area contributed by atoms with Crippen molar-refractivity contribution >= 4 is 28.8 Å². The Morgan fingerprint density at radius 1 is 1.11 bits per heavy atom. The van der Waals surface area contributed by atoms with E-state index in [0.29, 0.717) is 36.6 Å². The molecule has 1 unspecified atom stereocenters. The molecule has 0 fully saturated rings. The molecule has 2 aromatic carbocycles. The summed E-state index contributed by atoms with van der Waals surface area (Å²) in [6.45, 7) is 4.84. The van der Waals surface area contributed by atoms with Crippen molar-refractivity contribution in [2.45, 2.75) is 39.3 Å². The summed E-state index contributed by atoms with van der Waals surface area (Å²) in [6.07, 6.45) is 0.769. The van der Waals surface area contributed by atoms with E-state index >= 15 is 0 Å². The third-order valence-electron chi connectivity index (χ3n) is 5.77. The molecule has 0 aliphatic carbocycles. The Labute approximate surface area is 209 Å². The second-order valence-electron chi connectivity index (χ2n) is 8.08. The van der Waals surface area contributed by atoms with Gasteiger partial charge >= 0.3 is 5.97 Å². The number of aliphatic imine (C=N–C) groups is 1. The Balaban J connectivity index is 1.71. The van der Waals surface area contributed by atoms with Crippen LogP contribution in [0.2, 0.25) is 0 Å². The van der Waals surface area contributed by atoms with E-state index in [1.165, 1.54) is 18.9 Å². The van der Waals surface area contributed by atoms with Gasteiger partial charge in [0.25, 0.3) is 0 Å². The molecule has 0 bridgehead atoms. The fourth-order valence-corrected chi connectivity index (χ4v) is 5.10. The first-order valence-corrected chi connectivity index (χ1v) is 12.5. The van der Waals surface area contributed by atoms with E-state index in [1.54, 1.807) is 0 Å². The minimum absolute atomic E-state index is 0.0795. The summed E-state index contributed by atoms with van der Waals surface area (Å²) in [7, 11) is 1.38. The molecule has 1 amide bonds. The number of carbonyl (C=O) groups excluding carboxylic acids is 2. The molecule has 0 spiro atoms. The van der Waals surface area contributed by atoms with Crippen LogP contribution in [-0.4, -0.2) is 35.6 Å². The number of carbonyl (C=O) groups is 2.